The number of nitrogens with zero attached hydrogens (tertiary/aromatic N) is 2. The number of aromatic nitrogens is 2. The summed E-state index contributed by atoms with van der Waals surface area (Å²) >= 11 is 0. The molecular formula is C9H10F2N2O2. The molecule has 1 aromatic rings. The third kappa shape index (κ3) is 4.44. The van der Waals surface area contributed by atoms with E-state index >= 15 is 0 Å². The van der Waals surface area contributed by atoms with Gasteiger partial charge in [0.15, 0.2) is 0 Å². The molecule has 1 fully saturated rings. The highest BCUT2D eigenvalue weighted by atomic mass is 19.3. The third-order valence-corrected chi connectivity index (χ3v) is 1.76. The number of halogens is 2. The van der Waals surface area contributed by atoms with Crippen molar-refractivity contribution in [3.8, 4) is 0 Å². The van der Waals surface area contributed by atoms with Crippen molar-refractivity contribution in [3.05, 3.63) is 24.3 Å². The molecule has 4 nitrogen and oxygen atoms in total. The van der Waals surface area contributed by atoms with Gasteiger partial charge in [-0.3, -0.25) is 4.79 Å². The second-order valence-electron chi connectivity index (χ2n) is 3.05. The van der Waals surface area contributed by atoms with Crippen LogP contribution in [-0.2, 0) is 4.79 Å². The zero-order chi connectivity index (χ0) is 11.3. The highest BCUT2D eigenvalue weighted by molar-refractivity contribution is 5.72. The van der Waals surface area contributed by atoms with Crippen molar-refractivity contribution in [1.82, 2.24) is 9.97 Å². The van der Waals surface area contributed by atoms with Gasteiger partial charge < -0.3 is 5.11 Å². The molecule has 0 amide bonds. The maximum absolute atomic E-state index is 11.7. The molecule has 1 heterocycles. The highest BCUT2D eigenvalue weighted by Gasteiger charge is 2.28. The summed E-state index contributed by atoms with van der Waals surface area (Å²) in [7, 11) is 0. The first-order valence-corrected chi connectivity index (χ1v) is 4.38. The zero-order valence-electron chi connectivity index (χ0n) is 7.81. The van der Waals surface area contributed by atoms with Crippen LogP contribution in [0.5, 0.6) is 0 Å². The molecule has 0 atom stereocenters. The van der Waals surface area contributed by atoms with Gasteiger partial charge in [-0.25, -0.2) is 18.7 Å². The standard InChI is InChI=1S/C5H4F2N2.C4H6O2/c6-5(7)4-1-2-8-3-9-4;5-4(6)3-1-2-3/h1-3,5H;3H,1-2H2,(H,5,6). The summed E-state index contributed by atoms with van der Waals surface area (Å²) in [6, 6.07) is 1.19. The number of aliphatic carboxylic acids is 1. The molecule has 1 aromatic heterocycles. The maximum atomic E-state index is 11.7. The quantitative estimate of drug-likeness (QED) is 0.819. The molecule has 2 rings (SSSR count). The summed E-state index contributed by atoms with van der Waals surface area (Å²) in [5.41, 5.74) is -0.231. The Bertz CT molecular complexity index is 315. The molecule has 1 aliphatic rings. The average Bonchev–Trinajstić information content (AvgIpc) is 3.03. The molecule has 0 spiro atoms. The Morgan fingerprint density at radius 2 is 2.20 bits per heavy atom. The topological polar surface area (TPSA) is 63.1 Å². The molecule has 0 unspecified atom stereocenters. The molecule has 82 valence electrons. The molecule has 6 heteroatoms. The molecular weight excluding hydrogens is 206 g/mol. The molecule has 0 aliphatic heterocycles. The van der Waals surface area contributed by atoms with Gasteiger partial charge in [0.25, 0.3) is 6.43 Å². The van der Waals surface area contributed by atoms with Crippen LogP contribution in [0.15, 0.2) is 18.6 Å². The van der Waals surface area contributed by atoms with Crippen LogP contribution in [0.1, 0.15) is 25.0 Å². The van der Waals surface area contributed by atoms with Gasteiger partial charge in [-0.1, -0.05) is 0 Å². The molecule has 0 radical (unpaired) electrons. The second-order valence-corrected chi connectivity index (χ2v) is 3.05. The van der Waals surface area contributed by atoms with Crippen molar-refractivity contribution in [2.75, 3.05) is 0 Å². The number of alkyl halides is 2. The molecule has 1 N–H and O–H groups in total. The van der Waals surface area contributed by atoms with Crippen molar-refractivity contribution in [1.29, 1.82) is 0 Å². The van der Waals surface area contributed by atoms with Gasteiger partial charge in [-0.05, 0) is 18.9 Å². The van der Waals surface area contributed by atoms with Crippen LogP contribution in [0.4, 0.5) is 8.78 Å². The SMILES string of the molecule is FC(F)c1ccncn1.O=C(O)C1CC1. The van der Waals surface area contributed by atoms with E-state index in [1.54, 1.807) is 0 Å². The first-order valence-electron chi connectivity index (χ1n) is 4.38. The highest BCUT2D eigenvalue weighted by Crippen LogP contribution is 2.28. The van der Waals surface area contributed by atoms with E-state index in [-0.39, 0.29) is 11.6 Å². The van der Waals surface area contributed by atoms with Crippen LogP contribution in [0.25, 0.3) is 0 Å². The number of carbonyl (C=O) groups is 1. The molecule has 15 heavy (non-hydrogen) atoms. The summed E-state index contributed by atoms with van der Waals surface area (Å²) in [5, 5.41) is 8.05. The summed E-state index contributed by atoms with van der Waals surface area (Å²) < 4.78 is 23.4. The normalized spacial score (nSPS) is 14.3. The van der Waals surface area contributed by atoms with Crippen molar-refractivity contribution < 1.29 is 18.7 Å². The van der Waals surface area contributed by atoms with Crippen molar-refractivity contribution in [2.45, 2.75) is 19.3 Å². The van der Waals surface area contributed by atoms with Gasteiger partial charge in [0.05, 0.1) is 5.92 Å². The molecule has 0 bridgehead atoms. The zero-order valence-corrected chi connectivity index (χ0v) is 7.81. The fourth-order valence-electron chi connectivity index (χ4n) is 0.760. The van der Waals surface area contributed by atoms with E-state index in [9.17, 15) is 13.6 Å². The summed E-state index contributed by atoms with van der Waals surface area (Å²) in [5.74, 6) is -0.611. The van der Waals surface area contributed by atoms with Crippen LogP contribution in [-0.4, -0.2) is 21.0 Å². The summed E-state index contributed by atoms with van der Waals surface area (Å²) in [4.78, 5) is 16.6. The lowest BCUT2D eigenvalue weighted by Gasteiger charge is -1.92. The Morgan fingerprint density at radius 1 is 1.53 bits per heavy atom. The van der Waals surface area contributed by atoms with E-state index in [1.807, 2.05) is 0 Å². The minimum absolute atomic E-state index is 0.0185. The van der Waals surface area contributed by atoms with E-state index in [0.29, 0.717) is 0 Å². The van der Waals surface area contributed by atoms with E-state index in [2.05, 4.69) is 9.97 Å². The van der Waals surface area contributed by atoms with Gasteiger partial charge in [-0.2, -0.15) is 0 Å². The Labute approximate surface area is 85.0 Å². The number of carboxylic acid groups (broad SMARTS) is 1. The summed E-state index contributed by atoms with van der Waals surface area (Å²) in [6.45, 7) is 0. The molecule has 0 aromatic carbocycles. The van der Waals surface area contributed by atoms with Crippen LogP contribution in [0.3, 0.4) is 0 Å². The first kappa shape index (κ1) is 11.5. The largest absolute Gasteiger partial charge is 0.481 e. The predicted octanol–water partition coefficient (Wildman–Crippen LogP) is 1.90. The Morgan fingerprint density at radius 3 is 2.40 bits per heavy atom. The lowest BCUT2D eigenvalue weighted by Crippen LogP contribution is -1.94. The third-order valence-electron chi connectivity index (χ3n) is 1.76. The van der Waals surface area contributed by atoms with Crippen LogP contribution < -0.4 is 0 Å². The minimum Gasteiger partial charge on any atom is -0.481 e. The number of carboxylic acids is 1. The van der Waals surface area contributed by atoms with E-state index in [4.69, 9.17) is 5.11 Å². The lowest BCUT2D eigenvalue weighted by molar-refractivity contribution is -0.138. The van der Waals surface area contributed by atoms with E-state index in [1.165, 1.54) is 12.3 Å². The minimum atomic E-state index is -2.49. The van der Waals surface area contributed by atoms with Gasteiger partial charge in [0.2, 0.25) is 0 Å². The van der Waals surface area contributed by atoms with Gasteiger partial charge in [0.1, 0.15) is 12.0 Å². The lowest BCUT2D eigenvalue weighted by atomic mass is 10.4. The fraction of sp³-hybridized carbons (Fsp3) is 0.444. The molecule has 0 saturated heterocycles. The Hall–Kier alpha value is -1.59. The van der Waals surface area contributed by atoms with Crippen LogP contribution >= 0.6 is 0 Å². The predicted molar refractivity (Wildman–Crippen MR) is 47.3 cm³/mol. The van der Waals surface area contributed by atoms with Crippen molar-refractivity contribution in [2.24, 2.45) is 5.92 Å². The van der Waals surface area contributed by atoms with Crippen molar-refractivity contribution in [3.63, 3.8) is 0 Å². The smallest absolute Gasteiger partial charge is 0.306 e. The van der Waals surface area contributed by atoms with E-state index in [0.717, 1.165) is 19.2 Å². The van der Waals surface area contributed by atoms with E-state index < -0.39 is 12.4 Å². The second kappa shape index (κ2) is 5.33. The maximum Gasteiger partial charge on any atom is 0.306 e. The Balaban J connectivity index is 0.000000162. The Kier molecular flexibility index (Phi) is 4.08. The fourth-order valence-corrected chi connectivity index (χ4v) is 0.760. The number of hydrogen-bond donors (Lipinski definition) is 1. The summed E-state index contributed by atoms with van der Waals surface area (Å²) in [6.07, 6.45) is 1.69. The van der Waals surface area contributed by atoms with Crippen LogP contribution in [0.2, 0.25) is 0 Å². The van der Waals surface area contributed by atoms with Gasteiger partial charge in [0, 0.05) is 6.20 Å². The number of hydrogen-bond acceptors (Lipinski definition) is 3. The number of rotatable bonds is 2. The van der Waals surface area contributed by atoms with Crippen LogP contribution in [0, 0.1) is 5.92 Å². The van der Waals surface area contributed by atoms with Gasteiger partial charge in [-0.15, -0.1) is 0 Å². The monoisotopic (exact) mass is 216 g/mol. The van der Waals surface area contributed by atoms with Gasteiger partial charge >= 0.3 is 5.97 Å². The van der Waals surface area contributed by atoms with Crippen molar-refractivity contribution >= 4 is 5.97 Å². The molecule has 1 saturated carbocycles. The molecule has 1 aliphatic carbocycles. The average molecular weight is 216 g/mol. The first-order chi connectivity index (χ1) is 7.11.